The van der Waals surface area contributed by atoms with Gasteiger partial charge in [0.05, 0.1) is 5.39 Å². The number of fused-ring (bicyclic) bond motifs is 1. The first-order chi connectivity index (χ1) is 13.5. The monoisotopic (exact) mass is 454 g/mol. The normalized spacial score (nSPS) is 11.0. The van der Waals surface area contributed by atoms with E-state index in [1.807, 2.05) is 55.5 Å². The highest BCUT2D eigenvalue weighted by molar-refractivity contribution is 9.10. The van der Waals surface area contributed by atoms with Gasteiger partial charge in [0.2, 0.25) is 11.2 Å². The molecule has 0 spiro atoms. The summed E-state index contributed by atoms with van der Waals surface area (Å²) >= 11 is 9.43. The van der Waals surface area contributed by atoms with Crippen molar-refractivity contribution in [2.24, 2.45) is 0 Å². The summed E-state index contributed by atoms with van der Waals surface area (Å²) in [4.78, 5) is 13.2. The molecular formula is C23H16BrClO3. The molecule has 0 aliphatic rings. The third-order valence-electron chi connectivity index (χ3n) is 4.41. The summed E-state index contributed by atoms with van der Waals surface area (Å²) in [6.07, 6.45) is 0. The number of aryl methyl sites for hydroxylation is 1. The average Bonchev–Trinajstić information content (AvgIpc) is 2.69. The molecule has 0 N–H and O–H groups in total. The van der Waals surface area contributed by atoms with E-state index in [9.17, 15) is 4.79 Å². The predicted octanol–water partition coefficient (Wildman–Crippen LogP) is 6.76. The number of hydrogen-bond donors (Lipinski definition) is 0. The minimum absolute atomic E-state index is 0.191. The van der Waals surface area contributed by atoms with Crippen molar-refractivity contribution in [3.8, 4) is 17.1 Å². The molecule has 0 saturated heterocycles. The fraction of sp³-hybridized carbons (Fsp3) is 0.0870. The lowest BCUT2D eigenvalue weighted by Gasteiger charge is -2.12. The van der Waals surface area contributed by atoms with Crippen molar-refractivity contribution in [2.75, 3.05) is 0 Å². The molecule has 0 amide bonds. The minimum Gasteiger partial charge on any atom is -0.481 e. The molecular weight excluding hydrogens is 440 g/mol. The topological polar surface area (TPSA) is 39.4 Å². The lowest BCUT2D eigenvalue weighted by molar-refractivity contribution is 0.298. The van der Waals surface area contributed by atoms with Crippen molar-refractivity contribution in [3.63, 3.8) is 0 Å². The summed E-state index contributed by atoms with van der Waals surface area (Å²) < 4.78 is 13.1. The zero-order valence-electron chi connectivity index (χ0n) is 15.0. The van der Waals surface area contributed by atoms with Crippen LogP contribution in [-0.2, 0) is 6.61 Å². The van der Waals surface area contributed by atoms with Crippen LogP contribution in [0.2, 0.25) is 5.02 Å². The molecule has 0 unspecified atom stereocenters. The summed E-state index contributed by atoms with van der Waals surface area (Å²) in [5, 5.41) is 1.11. The van der Waals surface area contributed by atoms with Gasteiger partial charge in [0.15, 0.2) is 5.76 Å². The second kappa shape index (κ2) is 7.82. The fourth-order valence-electron chi connectivity index (χ4n) is 2.94. The highest BCUT2D eigenvalue weighted by atomic mass is 79.9. The molecule has 140 valence electrons. The van der Waals surface area contributed by atoms with Crippen LogP contribution in [0.4, 0.5) is 0 Å². The van der Waals surface area contributed by atoms with Gasteiger partial charge in [-0.1, -0.05) is 45.7 Å². The average molecular weight is 456 g/mol. The molecule has 0 aliphatic heterocycles. The van der Waals surface area contributed by atoms with Gasteiger partial charge in [0, 0.05) is 15.1 Å². The van der Waals surface area contributed by atoms with Crippen LogP contribution in [-0.4, -0.2) is 0 Å². The first-order valence-electron chi connectivity index (χ1n) is 8.72. The standard InChI is InChI=1S/C23H16BrClO3/c1-14-2-11-19-20(12-14)28-22(16-5-9-18(25)10-6-16)23(21(19)26)27-13-15-3-7-17(24)8-4-15/h2-12H,13H2,1H3. The molecule has 0 atom stereocenters. The van der Waals surface area contributed by atoms with E-state index in [4.69, 9.17) is 20.8 Å². The van der Waals surface area contributed by atoms with Crippen LogP contribution in [0.25, 0.3) is 22.3 Å². The van der Waals surface area contributed by atoms with Gasteiger partial charge in [-0.15, -0.1) is 0 Å². The molecule has 4 aromatic rings. The van der Waals surface area contributed by atoms with Crippen LogP contribution in [0, 0.1) is 6.92 Å². The maximum absolute atomic E-state index is 13.2. The van der Waals surface area contributed by atoms with Gasteiger partial charge in [0.25, 0.3) is 0 Å². The summed E-state index contributed by atoms with van der Waals surface area (Å²) in [5.41, 5.74) is 3.04. The summed E-state index contributed by atoms with van der Waals surface area (Å²) in [7, 11) is 0. The smallest absolute Gasteiger partial charge is 0.235 e. The van der Waals surface area contributed by atoms with Crippen LogP contribution >= 0.6 is 27.5 Å². The summed E-state index contributed by atoms with van der Waals surface area (Å²) in [5.74, 6) is 0.596. The van der Waals surface area contributed by atoms with E-state index in [0.717, 1.165) is 21.2 Å². The lowest BCUT2D eigenvalue weighted by atomic mass is 10.1. The molecule has 3 aromatic carbocycles. The fourth-order valence-corrected chi connectivity index (χ4v) is 3.33. The number of ether oxygens (including phenoxy) is 1. The molecule has 1 heterocycles. The highest BCUT2D eigenvalue weighted by Crippen LogP contribution is 2.32. The summed E-state index contributed by atoms with van der Waals surface area (Å²) in [6.45, 7) is 2.22. The Balaban J connectivity index is 1.84. The number of hydrogen-bond acceptors (Lipinski definition) is 3. The largest absolute Gasteiger partial charge is 0.481 e. The number of benzene rings is 3. The van der Waals surface area contributed by atoms with E-state index in [0.29, 0.717) is 21.8 Å². The van der Waals surface area contributed by atoms with E-state index in [-0.39, 0.29) is 17.8 Å². The zero-order chi connectivity index (χ0) is 19.7. The van der Waals surface area contributed by atoms with Gasteiger partial charge in [-0.25, -0.2) is 0 Å². The van der Waals surface area contributed by atoms with Gasteiger partial charge in [-0.05, 0) is 66.6 Å². The predicted molar refractivity (Wildman–Crippen MR) is 116 cm³/mol. The SMILES string of the molecule is Cc1ccc2c(=O)c(OCc3ccc(Br)cc3)c(-c3ccc(Cl)cc3)oc2c1. The second-order valence-electron chi connectivity index (χ2n) is 6.51. The van der Waals surface area contributed by atoms with Crippen molar-refractivity contribution in [1.29, 1.82) is 0 Å². The molecule has 5 heteroatoms. The van der Waals surface area contributed by atoms with Gasteiger partial charge in [-0.3, -0.25) is 4.79 Å². The highest BCUT2D eigenvalue weighted by Gasteiger charge is 2.18. The lowest BCUT2D eigenvalue weighted by Crippen LogP contribution is -2.10. The molecule has 28 heavy (non-hydrogen) atoms. The van der Waals surface area contributed by atoms with Gasteiger partial charge >= 0.3 is 0 Å². The maximum atomic E-state index is 13.2. The third-order valence-corrected chi connectivity index (χ3v) is 5.19. The van der Waals surface area contributed by atoms with Crippen LogP contribution in [0.5, 0.6) is 5.75 Å². The van der Waals surface area contributed by atoms with Crippen molar-refractivity contribution in [2.45, 2.75) is 13.5 Å². The number of rotatable bonds is 4. The number of halogens is 2. The minimum atomic E-state index is -0.191. The molecule has 4 rings (SSSR count). The Kier molecular flexibility index (Phi) is 5.25. The van der Waals surface area contributed by atoms with E-state index < -0.39 is 0 Å². The van der Waals surface area contributed by atoms with Gasteiger partial charge < -0.3 is 9.15 Å². The first kappa shape index (κ1) is 18.8. The van der Waals surface area contributed by atoms with Gasteiger partial charge in [-0.2, -0.15) is 0 Å². The van der Waals surface area contributed by atoms with Crippen molar-refractivity contribution in [3.05, 3.63) is 97.6 Å². The summed E-state index contributed by atoms with van der Waals surface area (Å²) in [6, 6.07) is 20.4. The van der Waals surface area contributed by atoms with E-state index in [1.54, 1.807) is 18.2 Å². The molecule has 0 radical (unpaired) electrons. The van der Waals surface area contributed by atoms with E-state index in [1.165, 1.54) is 0 Å². The molecule has 0 aliphatic carbocycles. The van der Waals surface area contributed by atoms with E-state index in [2.05, 4.69) is 15.9 Å². The molecule has 0 saturated carbocycles. The Bertz CT molecular complexity index is 1200. The Morgan fingerprint density at radius 3 is 2.43 bits per heavy atom. The Labute approximate surface area is 175 Å². The molecule has 1 aromatic heterocycles. The Morgan fingerprint density at radius 2 is 1.71 bits per heavy atom. The Hall–Kier alpha value is -2.56. The van der Waals surface area contributed by atoms with Crippen LogP contribution in [0.1, 0.15) is 11.1 Å². The van der Waals surface area contributed by atoms with Crippen molar-refractivity contribution >= 4 is 38.5 Å². The third kappa shape index (κ3) is 3.84. The molecule has 0 fully saturated rings. The molecule has 3 nitrogen and oxygen atoms in total. The van der Waals surface area contributed by atoms with Crippen molar-refractivity contribution in [1.82, 2.24) is 0 Å². The zero-order valence-corrected chi connectivity index (χ0v) is 17.4. The second-order valence-corrected chi connectivity index (χ2v) is 7.86. The van der Waals surface area contributed by atoms with Crippen LogP contribution in [0.3, 0.4) is 0 Å². The van der Waals surface area contributed by atoms with Crippen LogP contribution in [0.15, 0.2) is 80.4 Å². The quantitative estimate of drug-likeness (QED) is 0.341. The van der Waals surface area contributed by atoms with Crippen molar-refractivity contribution < 1.29 is 9.15 Å². The first-order valence-corrected chi connectivity index (χ1v) is 9.89. The molecule has 0 bridgehead atoms. The van der Waals surface area contributed by atoms with E-state index >= 15 is 0 Å². The Morgan fingerprint density at radius 1 is 1.00 bits per heavy atom. The van der Waals surface area contributed by atoms with Crippen LogP contribution < -0.4 is 10.2 Å². The van der Waals surface area contributed by atoms with Gasteiger partial charge in [0.1, 0.15) is 12.2 Å². The maximum Gasteiger partial charge on any atom is 0.235 e.